The van der Waals surface area contributed by atoms with Gasteiger partial charge >= 0.3 is 0 Å². The molecule has 0 bridgehead atoms. The number of benzene rings is 1. The number of tetrazole rings is 1. The number of H-pyrrole nitrogens is 1. The first-order valence-corrected chi connectivity index (χ1v) is 12.7. The summed E-state index contributed by atoms with van der Waals surface area (Å²) in [5, 5.41) is 13.8. The van der Waals surface area contributed by atoms with Crippen LogP contribution in [-0.4, -0.2) is 42.8 Å². The minimum Gasteiger partial charge on any atom is -0.468 e. The third kappa shape index (κ3) is 5.12. The van der Waals surface area contributed by atoms with Crippen molar-refractivity contribution in [3.8, 4) is 0 Å². The molecule has 0 saturated carbocycles. The topological polar surface area (TPSA) is 102 Å². The van der Waals surface area contributed by atoms with Crippen molar-refractivity contribution in [3.63, 3.8) is 0 Å². The predicted molar refractivity (Wildman–Crippen MR) is 136 cm³/mol. The van der Waals surface area contributed by atoms with Crippen molar-refractivity contribution in [1.29, 1.82) is 0 Å². The molecule has 190 valence electrons. The number of aromatic amines is 1. The number of nitrogens with one attached hydrogen (secondary N) is 1. The first-order valence-electron chi connectivity index (χ1n) is 12.7. The number of fused-ring (bicyclic) bond motifs is 1. The lowest BCUT2D eigenvalue weighted by atomic mass is 9.99. The van der Waals surface area contributed by atoms with E-state index in [0.717, 1.165) is 47.5 Å². The molecule has 36 heavy (non-hydrogen) atoms. The molecule has 9 nitrogen and oxygen atoms in total. The second kappa shape index (κ2) is 10.4. The maximum atomic E-state index is 13.2. The number of furan rings is 1. The third-order valence-corrected chi connectivity index (χ3v) is 6.93. The normalized spacial score (nSPS) is 17.0. The summed E-state index contributed by atoms with van der Waals surface area (Å²) in [6.07, 6.45) is 3.86. The largest absolute Gasteiger partial charge is 0.468 e. The summed E-state index contributed by atoms with van der Waals surface area (Å²) in [7, 11) is 0. The monoisotopic (exact) mass is 490 g/mol. The van der Waals surface area contributed by atoms with Crippen LogP contribution in [0.5, 0.6) is 0 Å². The molecule has 2 atom stereocenters. The van der Waals surface area contributed by atoms with Crippen molar-refractivity contribution >= 4 is 10.9 Å². The van der Waals surface area contributed by atoms with E-state index in [-0.39, 0.29) is 23.6 Å². The molecule has 1 fully saturated rings. The van der Waals surface area contributed by atoms with Gasteiger partial charge in [-0.05, 0) is 78.2 Å². The van der Waals surface area contributed by atoms with Crippen molar-refractivity contribution in [2.45, 2.75) is 72.3 Å². The zero-order valence-electron chi connectivity index (χ0n) is 21.4. The SMILES string of the molecule is Cc1cc(C)c2[nH]c(=O)c(CN(Cc3ccco3)[C@H](c3nnnn3C[C@@H]3CCCO3)C(C)C)cc2c1. The molecule has 1 aliphatic rings. The maximum Gasteiger partial charge on any atom is 0.252 e. The van der Waals surface area contributed by atoms with Gasteiger partial charge in [0.25, 0.3) is 5.56 Å². The number of aryl methyl sites for hydroxylation is 2. The summed E-state index contributed by atoms with van der Waals surface area (Å²) in [5.74, 6) is 1.77. The van der Waals surface area contributed by atoms with Crippen LogP contribution >= 0.6 is 0 Å². The average Bonchev–Trinajstić information content (AvgIpc) is 3.60. The number of hydrogen-bond acceptors (Lipinski definition) is 7. The second-order valence-corrected chi connectivity index (χ2v) is 10.2. The molecule has 0 spiro atoms. The maximum absolute atomic E-state index is 13.2. The van der Waals surface area contributed by atoms with Crippen molar-refractivity contribution in [3.05, 3.63) is 75.2 Å². The van der Waals surface area contributed by atoms with Gasteiger partial charge in [0, 0.05) is 18.7 Å². The Morgan fingerprint density at radius 3 is 2.81 bits per heavy atom. The second-order valence-electron chi connectivity index (χ2n) is 10.2. The Kier molecular flexibility index (Phi) is 7.02. The van der Waals surface area contributed by atoms with Gasteiger partial charge in [0.2, 0.25) is 0 Å². The van der Waals surface area contributed by atoms with Gasteiger partial charge in [-0.1, -0.05) is 25.5 Å². The van der Waals surface area contributed by atoms with Gasteiger partial charge in [-0.25, -0.2) is 4.68 Å². The fourth-order valence-corrected chi connectivity index (χ4v) is 5.34. The molecule has 1 N–H and O–H groups in total. The summed E-state index contributed by atoms with van der Waals surface area (Å²) in [5.41, 5.74) is 3.73. The zero-order valence-corrected chi connectivity index (χ0v) is 21.4. The standard InChI is InChI=1S/C27H34N6O3/c1-17(2)25(26-29-30-31-33(26)16-23-8-6-10-36-23)32(15-22-7-5-9-35-22)14-21-13-20-12-18(3)11-19(4)24(20)28-27(21)34/h5,7,9,11-13,17,23,25H,6,8,10,14-16H2,1-4H3,(H,28,34)/t23-,25-/m0/s1. The number of pyridine rings is 1. The van der Waals surface area contributed by atoms with Crippen LogP contribution in [0.25, 0.3) is 10.9 Å². The predicted octanol–water partition coefficient (Wildman–Crippen LogP) is 4.30. The molecule has 0 aliphatic carbocycles. The molecule has 5 rings (SSSR count). The molecular weight excluding hydrogens is 456 g/mol. The van der Waals surface area contributed by atoms with Crippen LogP contribution in [-0.2, 0) is 24.4 Å². The highest BCUT2D eigenvalue weighted by Crippen LogP contribution is 2.31. The highest BCUT2D eigenvalue weighted by molar-refractivity contribution is 5.82. The first-order chi connectivity index (χ1) is 17.4. The lowest BCUT2D eigenvalue weighted by Gasteiger charge is -2.33. The van der Waals surface area contributed by atoms with Gasteiger partial charge in [-0.3, -0.25) is 9.69 Å². The molecule has 0 amide bonds. The molecule has 0 unspecified atom stereocenters. The van der Waals surface area contributed by atoms with Gasteiger partial charge in [0.15, 0.2) is 5.82 Å². The molecule has 0 radical (unpaired) electrons. The van der Waals surface area contributed by atoms with Crippen molar-refractivity contribution in [2.75, 3.05) is 6.61 Å². The van der Waals surface area contributed by atoms with Gasteiger partial charge in [-0.15, -0.1) is 5.10 Å². The van der Waals surface area contributed by atoms with Crippen molar-refractivity contribution in [2.24, 2.45) is 5.92 Å². The van der Waals surface area contributed by atoms with Crippen LogP contribution in [0.3, 0.4) is 0 Å². The van der Waals surface area contributed by atoms with Crippen LogP contribution in [0.15, 0.2) is 45.8 Å². The van der Waals surface area contributed by atoms with Crippen LogP contribution in [0, 0.1) is 19.8 Å². The van der Waals surface area contributed by atoms with Crippen LogP contribution < -0.4 is 5.56 Å². The van der Waals surface area contributed by atoms with E-state index in [2.05, 4.69) is 58.3 Å². The fourth-order valence-electron chi connectivity index (χ4n) is 5.34. The summed E-state index contributed by atoms with van der Waals surface area (Å²) < 4.78 is 13.4. The summed E-state index contributed by atoms with van der Waals surface area (Å²) in [6.45, 7) is 10.8. The smallest absolute Gasteiger partial charge is 0.252 e. The van der Waals surface area contributed by atoms with E-state index in [1.165, 1.54) is 5.56 Å². The average molecular weight is 491 g/mol. The lowest BCUT2D eigenvalue weighted by Crippen LogP contribution is -2.35. The number of ether oxygens (including phenoxy) is 1. The van der Waals surface area contributed by atoms with E-state index in [9.17, 15) is 4.79 Å². The zero-order chi connectivity index (χ0) is 25.2. The highest BCUT2D eigenvalue weighted by atomic mass is 16.5. The van der Waals surface area contributed by atoms with E-state index in [0.29, 0.717) is 25.2 Å². The molecule has 4 heterocycles. The molecule has 1 aromatic carbocycles. The summed E-state index contributed by atoms with van der Waals surface area (Å²) in [6, 6.07) is 9.91. The summed E-state index contributed by atoms with van der Waals surface area (Å²) >= 11 is 0. The fraction of sp³-hybridized carbons (Fsp3) is 0.481. The van der Waals surface area contributed by atoms with E-state index in [4.69, 9.17) is 9.15 Å². The van der Waals surface area contributed by atoms with Crippen molar-refractivity contribution in [1.82, 2.24) is 30.1 Å². The van der Waals surface area contributed by atoms with Crippen molar-refractivity contribution < 1.29 is 9.15 Å². The minimum absolute atomic E-state index is 0.0830. The Balaban J connectivity index is 1.53. The van der Waals surface area contributed by atoms with Crippen LogP contribution in [0.1, 0.15) is 61.0 Å². The molecule has 1 aliphatic heterocycles. The highest BCUT2D eigenvalue weighted by Gasteiger charge is 2.31. The Morgan fingerprint density at radius 2 is 2.08 bits per heavy atom. The number of rotatable bonds is 9. The van der Waals surface area contributed by atoms with Gasteiger partial charge < -0.3 is 14.1 Å². The first kappa shape index (κ1) is 24.4. The Bertz CT molecular complexity index is 1370. The van der Waals surface area contributed by atoms with E-state index >= 15 is 0 Å². The minimum atomic E-state index is -0.138. The Morgan fingerprint density at radius 1 is 1.22 bits per heavy atom. The Hall–Kier alpha value is -3.30. The van der Waals surface area contributed by atoms with Crippen LogP contribution in [0.2, 0.25) is 0 Å². The van der Waals surface area contributed by atoms with Gasteiger partial charge in [0.05, 0.1) is 37.0 Å². The number of nitrogens with zero attached hydrogens (tertiary/aromatic N) is 5. The molecule has 4 aromatic rings. The van der Waals surface area contributed by atoms with E-state index in [1.807, 2.05) is 29.8 Å². The Labute approximate surface area is 210 Å². The molecule has 1 saturated heterocycles. The number of aromatic nitrogens is 5. The lowest BCUT2D eigenvalue weighted by molar-refractivity contribution is 0.0836. The third-order valence-electron chi connectivity index (χ3n) is 6.93. The van der Waals surface area contributed by atoms with E-state index in [1.54, 1.807) is 6.26 Å². The number of hydrogen-bond donors (Lipinski definition) is 1. The van der Waals surface area contributed by atoms with E-state index < -0.39 is 0 Å². The quantitative estimate of drug-likeness (QED) is 0.373. The van der Waals surface area contributed by atoms with Crippen LogP contribution in [0.4, 0.5) is 0 Å². The molecular formula is C27H34N6O3. The molecule has 9 heteroatoms. The van der Waals surface area contributed by atoms with Gasteiger partial charge in [-0.2, -0.15) is 0 Å². The molecule has 3 aromatic heterocycles. The van der Waals surface area contributed by atoms with Gasteiger partial charge in [0.1, 0.15) is 5.76 Å². The summed E-state index contributed by atoms with van der Waals surface area (Å²) in [4.78, 5) is 18.6.